The molecule has 1 amide bonds. The van der Waals surface area contributed by atoms with E-state index < -0.39 is 25.5 Å². The Kier molecular flexibility index (Phi) is 5.05. The van der Waals surface area contributed by atoms with Crippen molar-refractivity contribution >= 4 is 14.1 Å². The predicted molar refractivity (Wildman–Crippen MR) is 78.6 cm³/mol. The van der Waals surface area contributed by atoms with Gasteiger partial charge in [-0.2, -0.15) is 13.2 Å². The number of carbonyl (C=O) groups is 1. The van der Waals surface area contributed by atoms with Crippen molar-refractivity contribution in [3.8, 4) is 12.3 Å². The Balaban J connectivity index is 3.17. The minimum absolute atomic E-state index is 0.0613. The molecule has 22 heavy (non-hydrogen) atoms. The summed E-state index contributed by atoms with van der Waals surface area (Å²) in [5.41, 5.74) is 0.141. The molecule has 0 saturated carbocycles. The van der Waals surface area contributed by atoms with Crippen LogP contribution in [0.2, 0.25) is 13.1 Å². The molecule has 0 aliphatic rings. The summed E-state index contributed by atoms with van der Waals surface area (Å²) in [5, 5.41) is -2.44. The van der Waals surface area contributed by atoms with Gasteiger partial charge in [0.2, 0.25) is 5.91 Å². The molecule has 0 aromatic carbocycles. The molecule has 0 radical (unpaired) electrons. The minimum atomic E-state index is -4.62. The summed E-state index contributed by atoms with van der Waals surface area (Å²) in [4.78, 5) is 18.6. The molecule has 8 heteroatoms. The number of amides is 1. The van der Waals surface area contributed by atoms with Crippen molar-refractivity contribution in [3.05, 3.63) is 29.6 Å². The molecule has 1 atom stereocenters. The topological polar surface area (TPSA) is 51.2 Å². The highest BCUT2D eigenvalue weighted by molar-refractivity contribution is 6.80. The van der Waals surface area contributed by atoms with E-state index in [1.165, 1.54) is 31.4 Å². The summed E-state index contributed by atoms with van der Waals surface area (Å²) >= 11 is 0. The van der Waals surface area contributed by atoms with Crippen molar-refractivity contribution < 1.29 is 22.7 Å². The minimum Gasteiger partial charge on any atom is -0.375 e. The van der Waals surface area contributed by atoms with Gasteiger partial charge in [0.1, 0.15) is 5.69 Å². The molecule has 0 fully saturated rings. The number of terminal acetylenes is 1. The molecule has 1 unspecified atom stereocenters. The lowest BCUT2D eigenvalue weighted by atomic mass is 10.2. The summed E-state index contributed by atoms with van der Waals surface area (Å²) in [6, 6.07) is 2.91. The van der Waals surface area contributed by atoms with E-state index >= 15 is 0 Å². The number of hydrogen-bond acceptors (Lipinski definition) is 3. The third-order valence-corrected chi connectivity index (χ3v) is 7.48. The first-order valence-electron chi connectivity index (χ1n) is 6.36. The number of rotatable bonds is 4. The SMILES string of the molecule is C#Cc1ncccc1C(=O)N[Si](C)(C)C(C)(OC)C(F)(F)F. The summed E-state index contributed by atoms with van der Waals surface area (Å²) in [5.74, 6) is 1.55. The van der Waals surface area contributed by atoms with Crippen LogP contribution in [-0.4, -0.2) is 37.6 Å². The summed E-state index contributed by atoms with van der Waals surface area (Å²) in [6.45, 7) is 3.67. The summed E-state index contributed by atoms with van der Waals surface area (Å²) < 4.78 is 44.7. The molecule has 1 rings (SSSR count). The third kappa shape index (κ3) is 3.15. The zero-order chi connectivity index (χ0) is 17.2. The first-order chi connectivity index (χ1) is 10.00. The number of aromatic nitrogens is 1. The second kappa shape index (κ2) is 6.10. The van der Waals surface area contributed by atoms with E-state index in [1.54, 1.807) is 0 Å². The van der Waals surface area contributed by atoms with Crippen LogP contribution in [0.3, 0.4) is 0 Å². The highest BCUT2D eigenvalue weighted by atomic mass is 28.3. The van der Waals surface area contributed by atoms with Crippen LogP contribution in [0.15, 0.2) is 18.3 Å². The van der Waals surface area contributed by atoms with Gasteiger partial charge in [-0.1, -0.05) is 0 Å². The maximum Gasteiger partial charge on any atom is 0.416 e. The van der Waals surface area contributed by atoms with E-state index in [9.17, 15) is 18.0 Å². The van der Waals surface area contributed by atoms with Crippen LogP contribution in [0.5, 0.6) is 0 Å². The number of halogens is 3. The molecule has 0 aliphatic carbocycles. The second-order valence-corrected chi connectivity index (χ2v) is 9.81. The molecule has 120 valence electrons. The summed E-state index contributed by atoms with van der Waals surface area (Å²) in [7, 11) is -2.44. The van der Waals surface area contributed by atoms with Crippen LogP contribution in [0.1, 0.15) is 23.0 Å². The van der Waals surface area contributed by atoms with E-state index in [0.717, 1.165) is 14.0 Å². The van der Waals surface area contributed by atoms with Gasteiger partial charge in [0, 0.05) is 13.3 Å². The molecule has 1 aromatic rings. The number of nitrogens with one attached hydrogen (secondary N) is 1. The van der Waals surface area contributed by atoms with E-state index in [-0.39, 0.29) is 11.3 Å². The van der Waals surface area contributed by atoms with Gasteiger partial charge in [0.25, 0.3) is 0 Å². The van der Waals surface area contributed by atoms with Crippen molar-refractivity contribution in [2.45, 2.75) is 31.4 Å². The van der Waals surface area contributed by atoms with Crippen molar-refractivity contribution in [1.82, 2.24) is 9.97 Å². The Labute approximate surface area is 128 Å². The Bertz CT molecular complexity index is 611. The van der Waals surface area contributed by atoms with Crippen LogP contribution >= 0.6 is 0 Å². The molecule has 0 spiro atoms. The van der Waals surface area contributed by atoms with Gasteiger partial charge >= 0.3 is 6.18 Å². The Morgan fingerprint density at radius 1 is 1.45 bits per heavy atom. The zero-order valence-corrected chi connectivity index (χ0v) is 13.7. The van der Waals surface area contributed by atoms with Crippen LogP contribution in [0.25, 0.3) is 0 Å². The number of methoxy groups -OCH3 is 1. The third-order valence-electron chi connectivity index (χ3n) is 3.76. The fourth-order valence-corrected chi connectivity index (χ4v) is 4.06. The fraction of sp³-hybridized carbons (Fsp3) is 0.429. The molecular formula is C14H17F3N2O2Si. The maximum absolute atomic E-state index is 13.3. The first kappa shape index (κ1) is 18.2. The Hall–Kier alpha value is -1.85. The van der Waals surface area contributed by atoms with Gasteiger partial charge < -0.3 is 9.72 Å². The molecule has 0 saturated heterocycles. The molecule has 4 nitrogen and oxygen atoms in total. The second-order valence-electron chi connectivity index (χ2n) is 5.36. The maximum atomic E-state index is 13.3. The van der Waals surface area contributed by atoms with Gasteiger partial charge in [-0.15, -0.1) is 6.42 Å². The number of nitrogens with zero attached hydrogens (tertiary/aromatic N) is 1. The first-order valence-corrected chi connectivity index (χ1v) is 9.36. The lowest BCUT2D eigenvalue weighted by Gasteiger charge is -2.42. The van der Waals surface area contributed by atoms with E-state index in [2.05, 4.69) is 15.9 Å². The molecular weight excluding hydrogens is 313 g/mol. The predicted octanol–water partition coefficient (Wildman–Crippen LogP) is 2.50. The normalized spacial score (nSPS) is 14.8. The average Bonchev–Trinajstić information content (AvgIpc) is 2.44. The van der Waals surface area contributed by atoms with Crippen LogP contribution in [-0.2, 0) is 4.74 Å². The Morgan fingerprint density at radius 2 is 2.05 bits per heavy atom. The fourth-order valence-electron chi connectivity index (χ4n) is 1.90. The van der Waals surface area contributed by atoms with Crippen molar-refractivity contribution in [2.24, 2.45) is 0 Å². The molecule has 1 heterocycles. The van der Waals surface area contributed by atoms with Crippen LogP contribution in [0, 0.1) is 12.3 Å². The highest BCUT2D eigenvalue weighted by Gasteiger charge is 2.62. The monoisotopic (exact) mass is 330 g/mol. The molecule has 0 bridgehead atoms. The lowest BCUT2D eigenvalue weighted by Crippen LogP contribution is -2.70. The van der Waals surface area contributed by atoms with E-state index in [1.807, 2.05) is 0 Å². The van der Waals surface area contributed by atoms with Gasteiger partial charge in [-0.3, -0.25) is 4.79 Å². The largest absolute Gasteiger partial charge is 0.416 e. The standard InChI is InChI=1S/C14H17F3N2O2Si/c1-6-11-10(8-7-9-18-11)12(20)19-22(4,5)13(2,21-3)14(15,16)17/h1,7-9H,2-5H3,(H,19,20). The summed E-state index contributed by atoms with van der Waals surface area (Å²) in [6.07, 6.45) is 2.04. The van der Waals surface area contributed by atoms with E-state index in [0.29, 0.717) is 0 Å². The Morgan fingerprint density at radius 3 is 2.50 bits per heavy atom. The van der Waals surface area contributed by atoms with Crippen LogP contribution in [0.4, 0.5) is 13.2 Å². The smallest absolute Gasteiger partial charge is 0.375 e. The van der Waals surface area contributed by atoms with Crippen molar-refractivity contribution in [2.75, 3.05) is 7.11 Å². The van der Waals surface area contributed by atoms with Gasteiger partial charge in [-0.05, 0) is 38.1 Å². The highest BCUT2D eigenvalue weighted by Crippen LogP contribution is 2.39. The lowest BCUT2D eigenvalue weighted by molar-refractivity contribution is -0.232. The number of alkyl halides is 3. The number of ether oxygens (including phenoxy) is 1. The number of hydrogen-bond donors (Lipinski definition) is 1. The molecule has 1 N–H and O–H groups in total. The zero-order valence-electron chi connectivity index (χ0n) is 12.7. The quantitative estimate of drug-likeness (QED) is 0.682. The van der Waals surface area contributed by atoms with Gasteiger partial charge in [-0.25, -0.2) is 4.98 Å². The molecule has 1 aromatic heterocycles. The van der Waals surface area contributed by atoms with Crippen molar-refractivity contribution in [3.63, 3.8) is 0 Å². The van der Waals surface area contributed by atoms with E-state index in [4.69, 9.17) is 11.2 Å². The number of pyridine rings is 1. The van der Waals surface area contributed by atoms with Crippen molar-refractivity contribution in [1.29, 1.82) is 0 Å². The van der Waals surface area contributed by atoms with Gasteiger partial charge in [0.15, 0.2) is 13.5 Å². The van der Waals surface area contributed by atoms with Gasteiger partial charge in [0.05, 0.1) is 5.56 Å². The average molecular weight is 330 g/mol. The van der Waals surface area contributed by atoms with Crippen LogP contribution < -0.4 is 4.98 Å². The molecule has 0 aliphatic heterocycles. The number of carbonyl (C=O) groups excluding carboxylic acids is 1.